The highest BCUT2D eigenvalue weighted by Gasteiger charge is 2.31. The molecule has 0 saturated heterocycles. The lowest BCUT2D eigenvalue weighted by Gasteiger charge is -2.31. The van der Waals surface area contributed by atoms with Crippen LogP contribution in [0.15, 0.2) is 72.8 Å². The van der Waals surface area contributed by atoms with Gasteiger partial charge in [0.15, 0.2) is 6.61 Å². The van der Waals surface area contributed by atoms with Crippen LogP contribution >= 0.6 is 34.8 Å². The summed E-state index contributed by atoms with van der Waals surface area (Å²) < 4.78 is 5.72. The minimum absolute atomic E-state index is 0.146. The van der Waals surface area contributed by atoms with Crippen LogP contribution in [0, 0.1) is 0 Å². The van der Waals surface area contributed by atoms with Crippen molar-refractivity contribution in [1.29, 1.82) is 0 Å². The van der Waals surface area contributed by atoms with E-state index in [0.717, 1.165) is 17.5 Å². The molecule has 0 bridgehead atoms. The van der Waals surface area contributed by atoms with Gasteiger partial charge in [0, 0.05) is 29.6 Å². The van der Waals surface area contributed by atoms with E-state index in [9.17, 15) is 9.59 Å². The summed E-state index contributed by atoms with van der Waals surface area (Å²) in [5.41, 5.74) is 1.66. The fraction of sp³-hybridized carbons (Fsp3) is 0.259. The van der Waals surface area contributed by atoms with Gasteiger partial charge in [-0.05, 0) is 41.8 Å². The number of carbonyl (C=O) groups excluding carboxylic acids is 2. The molecule has 1 atom stereocenters. The van der Waals surface area contributed by atoms with Crippen LogP contribution < -0.4 is 10.1 Å². The fourth-order valence-corrected chi connectivity index (χ4v) is 4.20. The van der Waals surface area contributed by atoms with E-state index in [0.29, 0.717) is 33.8 Å². The van der Waals surface area contributed by atoms with E-state index < -0.39 is 6.04 Å². The van der Waals surface area contributed by atoms with Crippen molar-refractivity contribution < 1.29 is 14.3 Å². The number of hydrogen-bond donors (Lipinski definition) is 1. The van der Waals surface area contributed by atoms with E-state index in [4.69, 9.17) is 39.5 Å². The first-order valence-corrected chi connectivity index (χ1v) is 12.4. The first-order valence-electron chi connectivity index (χ1n) is 11.3. The molecular formula is C27H27Cl3N2O3. The quantitative estimate of drug-likeness (QED) is 0.320. The van der Waals surface area contributed by atoms with Crippen molar-refractivity contribution >= 4 is 46.6 Å². The molecule has 0 aliphatic carbocycles. The van der Waals surface area contributed by atoms with Crippen molar-refractivity contribution in [3.63, 3.8) is 0 Å². The van der Waals surface area contributed by atoms with Gasteiger partial charge >= 0.3 is 0 Å². The maximum Gasteiger partial charge on any atom is 0.261 e. The molecule has 0 unspecified atom stereocenters. The molecule has 8 heteroatoms. The van der Waals surface area contributed by atoms with Gasteiger partial charge in [0.1, 0.15) is 11.8 Å². The molecule has 3 aromatic rings. The van der Waals surface area contributed by atoms with Gasteiger partial charge < -0.3 is 15.0 Å². The second kappa shape index (κ2) is 13.4. The summed E-state index contributed by atoms with van der Waals surface area (Å²) in [4.78, 5) is 28.3. The normalized spacial score (nSPS) is 11.5. The molecular weight excluding hydrogens is 507 g/mol. The van der Waals surface area contributed by atoms with E-state index >= 15 is 0 Å². The second-order valence-electron chi connectivity index (χ2n) is 7.97. The Hall–Kier alpha value is -2.73. The van der Waals surface area contributed by atoms with Crippen LogP contribution in [0.4, 0.5) is 0 Å². The van der Waals surface area contributed by atoms with Crippen molar-refractivity contribution in [2.24, 2.45) is 0 Å². The predicted molar refractivity (Wildman–Crippen MR) is 141 cm³/mol. The van der Waals surface area contributed by atoms with Crippen molar-refractivity contribution in [1.82, 2.24) is 10.2 Å². The first kappa shape index (κ1) is 26.9. The van der Waals surface area contributed by atoms with Gasteiger partial charge in [-0.15, -0.1) is 0 Å². The number of rotatable bonds is 11. The zero-order chi connectivity index (χ0) is 25.2. The minimum atomic E-state index is -0.767. The molecule has 35 heavy (non-hydrogen) atoms. The number of ether oxygens (including phenoxy) is 1. The minimum Gasteiger partial charge on any atom is -0.482 e. The Kier molecular flexibility index (Phi) is 10.3. The Morgan fingerprint density at radius 3 is 2.34 bits per heavy atom. The molecule has 2 amide bonds. The average Bonchev–Trinajstić information content (AvgIpc) is 2.85. The summed E-state index contributed by atoms with van der Waals surface area (Å²) >= 11 is 18.6. The Balaban J connectivity index is 1.91. The van der Waals surface area contributed by atoms with Crippen LogP contribution in [0.2, 0.25) is 15.1 Å². The van der Waals surface area contributed by atoms with Gasteiger partial charge in [-0.2, -0.15) is 0 Å². The third-order valence-corrected chi connectivity index (χ3v) is 6.26. The molecule has 0 aromatic heterocycles. The van der Waals surface area contributed by atoms with Crippen molar-refractivity contribution in [2.75, 3.05) is 13.2 Å². The summed E-state index contributed by atoms with van der Waals surface area (Å²) in [6.45, 7) is 2.32. The molecule has 5 nitrogen and oxygen atoms in total. The largest absolute Gasteiger partial charge is 0.482 e. The molecule has 0 aliphatic rings. The number of hydrogen-bond acceptors (Lipinski definition) is 3. The number of benzene rings is 3. The SMILES string of the molecule is CCCNC(=O)[C@@H](Cc1ccccc1)N(Cc1ccccc1Cl)C(=O)COc1ccc(Cl)cc1Cl. The van der Waals surface area contributed by atoms with Gasteiger partial charge in [-0.1, -0.05) is 90.3 Å². The smallest absolute Gasteiger partial charge is 0.261 e. The summed E-state index contributed by atoms with van der Waals surface area (Å²) in [6.07, 6.45) is 1.12. The highest BCUT2D eigenvalue weighted by molar-refractivity contribution is 6.35. The van der Waals surface area contributed by atoms with Crippen LogP contribution in [0.1, 0.15) is 24.5 Å². The molecule has 0 radical (unpaired) electrons. The lowest BCUT2D eigenvalue weighted by atomic mass is 10.0. The lowest BCUT2D eigenvalue weighted by Crippen LogP contribution is -2.51. The van der Waals surface area contributed by atoms with E-state index in [1.807, 2.05) is 55.5 Å². The van der Waals surface area contributed by atoms with Gasteiger partial charge in [-0.3, -0.25) is 9.59 Å². The Morgan fingerprint density at radius 1 is 0.943 bits per heavy atom. The summed E-state index contributed by atoms with van der Waals surface area (Å²) in [5.74, 6) is -0.277. The molecule has 3 aromatic carbocycles. The van der Waals surface area contributed by atoms with Crippen molar-refractivity contribution in [3.05, 3.63) is 99.0 Å². The monoisotopic (exact) mass is 532 g/mol. The van der Waals surface area contributed by atoms with Gasteiger partial charge in [-0.25, -0.2) is 0 Å². The molecule has 0 heterocycles. The Labute approximate surface area is 220 Å². The highest BCUT2D eigenvalue weighted by atomic mass is 35.5. The van der Waals surface area contributed by atoms with E-state index in [1.165, 1.54) is 4.90 Å². The third-order valence-electron chi connectivity index (χ3n) is 5.36. The molecule has 0 saturated carbocycles. The maximum absolute atomic E-state index is 13.5. The fourth-order valence-electron chi connectivity index (χ4n) is 3.54. The zero-order valence-electron chi connectivity index (χ0n) is 19.3. The van der Waals surface area contributed by atoms with Crippen molar-refractivity contribution in [2.45, 2.75) is 32.4 Å². The van der Waals surface area contributed by atoms with Crippen LogP contribution in [0.25, 0.3) is 0 Å². The van der Waals surface area contributed by atoms with E-state index in [-0.39, 0.29) is 25.0 Å². The van der Waals surface area contributed by atoms with Crippen LogP contribution in [0.3, 0.4) is 0 Å². The van der Waals surface area contributed by atoms with E-state index in [2.05, 4.69) is 5.32 Å². The number of halogens is 3. The average molecular weight is 534 g/mol. The molecule has 1 N–H and O–H groups in total. The molecule has 0 fully saturated rings. The zero-order valence-corrected chi connectivity index (χ0v) is 21.6. The van der Waals surface area contributed by atoms with Gasteiger partial charge in [0.2, 0.25) is 5.91 Å². The molecule has 0 spiro atoms. The Bertz CT molecular complexity index is 1140. The van der Waals surface area contributed by atoms with Crippen LogP contribution in [0.5, 0.6) is 5.75 Å². The molecule has 0 aliphatic heterocycles. The number of nitrogens with zero attached hydrogens (tertiary/aromatic N) is 1. The van der Waals surface area contributed by atoms with Crippen LogP contribution in [-0.2, 0) is 22.6 Å². The second-order valence-corrected chi connectivity index (χ2v) is 9.22. The predicted octanol–water partition coefficient (Wildman–Crippen LogP) is 6.19. The summed E-state index contributed by atoms with van der Waals surface area (Å²) in [7, 11) is 0. The number of nitrogens with one attached hydrogen (secondary N) is 1. The highest BCUT2D eigenvalue weighted by Crippen LogP contribution is 2.28. The first-order chi connectivity index (χ1) is 16.9. The summed E-state index contributed by atoms with van der Waals surface area (Å²) in [6, 6.07) is 20.8. The molecule has 184 valence electrons. The van der Waals surface area contributed by atoms with Gasteiger partial charge in [0.25, 0.3) is 5.91 Å². The standard InChI is InChI=1S/C27H27Cl3N2O3/c1-2-14-31-27(34)24(15-19-8-4-3-5-9-19)32(17-20-10-6-7-11-22(20)29)26(33)18-35-25-13-12-21(28)16-23(25)30/h3-13,16,24H,2,14-15,17-18H2,1H3,(H,31,34)/t24-/m1/s1. The van der Waals surface area contributed by atoms with Gasteiger partial charge in [0.05, 0.1) is 5.02 Å². The molecule has 3 rings (SSSR count). The Morgan fingerprint density at radius 2 is 1.66 bits per heavy atom. The third kappa shape index (κ3) is 7.89. The van der Waals surface area contributed by atoms with Crippen LogP contribution in [-0.4, -0.2) is 35.9 Å². The van der Waals surface area contributed by atoms with E-state index in [1.54, 1.807) is 24.3 Å². The van der Waals surface area contributed by atoms with Crippen molar-refractivity contribution in [3.8, 4) is 5.75 Å². The number of carbonyl (C=O) groups is 2. The summed E-state index contributed by atoms with van der Waals surface area (Å²) in [5, 5.41) is 4.21. The topological polar surface area (TPSA) is 58.6 Å². The lowest BCUT2D eigenvalue weighted by molar-refractivity contribution is -0.142. The maximum atomic E-state index is 13.5. The number of amides is 2.